The van der Waals surface area contributed by atoms with E-state index in [9.17, 15) is 0 Å². The van der Waals surface area contributed by atoms with Crippen LogP contribution in [0.25, 0.3) is 0 Å². The molecule has 1 fully saturated rings. The largest absolute Gasteiger partial charge is 0.170 e. The molecule has 1 aromatic rings. The highest BCUT2D eigenvalue weighted by Gasteiger charge is 2.76. The van der Waals surface area contributed by atoms with E-state index >= 15 is 0 Å². The molecule has 1 aliphatic rings. The maximum Gasteiger partial charge on any atom is 0.170 e. The minimum absolute atomic E-state index is 0.576. The van der Waals surface area contributed by atoms with Crippen LogP contribution in [0.1, 0.15) is 11.5 Å². The first-order valence-electron chi connectivity index (χ1n) is 5.58. The maximum atomic E-state index is 6.40. The molecule has 1 aliphatic carbocycles. The Balaban J connectivity index is 2.71. The summed E-state index contributed by atoms with van der Waals surface area (Å²) in [5, 5.41) is -1.32. The van der Waals surface area contributed by atoms with E-state index in [2.05, 4.69) is 0 Å². The quantitative estimate of drug-likeness (QED) is 0.385. The zero-order valence-corrected chi connectivity index (χ0v) is 16.7. The highest BCUT2D eigenvalue weighted by atomic mass is 35.6. The van der Waals surface area contributed by atoms with Crippen molar-refractivity contribution in [3.63, 3.8) is 0 Å². The summed E-state index contributed by atoms with van der Waals surface area (Å²) in [6.07, 6.45) is 0. The van der Waals surface area contributed by atoms with Gasteiger partial charge in [-0.3, -0.25) is 0 Å². The SMILES string of the molecule is ClC1C(Cl)(Cl)C(Cl)(Cl)C(c2ccccc2)C(Cl)(Cl)C1(Cl)Cl. The summed E-state index contributed by atoms with van der Waals surface area (Å²) in [7, 11) is 0. The second-order valence-corrected chi connectivity index (χ2v) is 10.7. The summed E-state index contributed by atoms with van der Waals surface area (Å²) < 4.78 is -7.45. The van der Waals surface area contributed by atoms with Crippen LogP contribution in [0, 0.1) is 0 Å². The van der Waals surface area contributed by atoms with Crippen LogP contribution in [-0.2, 0) is 0 Å². The van der Waals surface area contributed by atoms with Crippen LogP contribution in [0.5, 0.6) is 0 Å². The van der Waals surface area contributed by atoms with Crippen LogP contribution in [0.3, 0.4) is 0 Å². The molecular weight excluding hydrogens is 463 g/mol. The molecule has 0 aliphatic heterocycles. The molecular formula is C12H7Cl9. The third-order valence-corrected chi connectivity index (χ3v) is 9.39. The van der Waals surface area contributed by atoms with Gasteiger partial charge in [0.05, 0.1) is 5.92 Å². The van der Waals surface area contributed by atoms with Crippen molar-refractivity contribution in [3.05, 3.63) is 35.9 Å². The molecule has 0 radical (unpaired) electrons. The van der Waals surface area contributed by atoms with E-state index in [1.54, 1.807) is 30.3 Å². The van der Waals surface area contributed by atoms with Crippen molar-refractivity contribution in [3.8, 4) is 0 Å². The average molecular weight is 470 g/mol. The topological polar surface area (TPSA) is 0 Å². The van der Waals surface area contributed by atoms with Gasteiger partial charge in [0.15, 0.2) is 17.3 Å². The first-order chi connectivity index (χ1) is 9.38. The molecule has 0 atom stereocenters. The van der Waals surface area contributed by atoms with Crippen molar-refractivity contribution in [2.45, 2.75) is 28.6 Å². The Morgan fingerprint density at radius 2 is 1.00 bits per heavy atom. The molecule has 21 heavy (non-hydrogen) atoms. The molecule has 0 nitrogen and oxygen atoms in total. The van der Waals surface area contributed by atoms with Gasteiger partial charge in [-0.15, -0.1) is 11.6 Å². The lowest BCUT2D eigenvalue weighted by Crippen LogP contribution is -2.68. The highest BCUT2D eigenvalue weighted by Crippen LogP contribution is 2.71. The van der Waals surface area contributed by atoms with Crippen molar-refractivity contribution >= 4 is 104 Å². The monoisotopic (exact) mass is 466 g/mol. The van der Waals surface area contributed by atoms with Crippen LogP contribution < -0.4 is 0 Å². The van der Waals surface area contributed by atoms with Gasteiger partial charge in [0.25, 0.3) is 0 Å². The van der Waals surface area contributed by atoms with E-state index in [1.807, 2.05) is 0 Å². The van der Waals surface area contributed by atoms with Gasteiger partial charge < -0.3 is 0 Å². The van der Waals surface area contributed by atoms with Crippen LogP contribution in [0.15, 0.2) is 30.3 Å². The number of rotatable bonds is 1. The molecule has 0 bridgehead atoms. The Morgan fingerprint density at radius 1 is 0.619 bits per heavy atom. The van der Waals surface area contributed by atoms with Crippen LogP contribution in [-0.4, -0.2) is 22.7 Å². The zero-order chi connectivity index (χ0) is 16.3. The Bertz CT molecular complexity index is 495. The predicted octanol–water partition coefficient (Wildman–Crippen LogP) is 7.09. The lowest BCUT2D eigenvalue weighted by atomic mass is 9.80. The molecule has 0 amide bonds. The Labute approximate surface area is 167 Å². The van der Waals surface area contributed by atoms with Crippen molar-refractivity contribution in [2.24, 2.45) is 0 Å². The van der Waals surface area contributed by atoms with E-state index in [0.29, 0.717) is 5.56 Å². The van der Waals surface area contributed by atoms with Crippen molar-refractivity contribution in [2.75, 3.05) is 0 Å². The third-order valence-electron chi connectivity index (χ3n) is 3.38. The molecule has 118 valence electrons. The van der Waals surface area contributed by atoms with Crippen LogP contribution >= 0.6 is 104 Å². The minimum atomic E-state index is -1.89. The van der Waals surface area contributed by atoms with Gasteiger partial charge in [0.2, 0.25) is 0 Å². The molecule has 9 heteroatoms. The Hall–Kier alpha value is 1.83. The van der Waals surface area contributed by atoms with Gasteiger partial charge >= 0.3 is 0 Å². The molecule has 0 spiro atoms. The summed E-state index contributed by atoms with van der Waals surface area (Å²) in [4.78, 5) is 0. The molecule has 1 saturated carbocycles. The van der Waals surface area contributed by atoms with Gasteiger partial charge in [-0.1, -0.05) is 123 Å². The second kappa shape index (κ2) is 5.97. The van der Waals surface area contributed by atoms with Gasteiger partial charge in [0.1, 0.15) is 5.38 Å². The Morgan fingerprint density at radius 3 is 1.38 bits per heavy atom. The molecule has 0 N–H and O–H groups in total. The van der Waals surface area contributed by atoms with Crippen LogP contribution in [0.2, 0.25) is 0 Å². The number of benzene rings is 1. The fourth-order valence-corrected chi connectivity index (χ4v) is 5.94. The molecule has 2 rings (SSSR count). The van der Waals surface area contributed by atoms with E-state index in [-0.39, 0.29) is 0 Å². The molecule has 1 aromatic carbocycles. The molecule has 0 unspecified atom stereocenters. The van der Waals surface area contributed by atoms with Gasteiger partial charge in [0, 0.05) is 0 Å². The molecule has 0 saturated heterocycles. The normalized spacial score (nSPS) is 32.6. The van der Waals surface area contributed by atoms with E-state index in [1.165, 1.54) is 0 Å². The summed E-state index contributed by atoms with van der Waals surface area (Å²) in [5.41, 5.74) is 0.576. The van der Waals surface area contributed by atoms with Crippen molar-refractivity contribution in [1.82, 2.24) is 0 Å². The highest BCUT2D eigenvalue weighted by molar-refractivity contribution is 6.72. The summed E-state index contributed by atoms with van der Waals surface area (Å²) in [6, 6.07) is 8.74. The van der Waals surface area contributed by atoms with Gasteiger partial charge in [-0.25, -0.2) is 0 Å². The molecule has 0 aromatic heterocycles. The lowest BCUT2D eigenvalue weighted by Gasteiger charge is -2.56. The predicted molar refractivity (Wildman–Crippen MR) is 96.6 cm³/mol. The van der Waals surface area contributed by atoms with Gasteiger partial charge in [-0.05, 0) is 5.56 Å². The number of hydrogen-bond donors (Lipinski definition) is 0. The summed E-state index contributed by atoms with van der Waals surface area (Å²) in [5.74, 6) is -0.988. The summed E-state index contributed by atoms with van der Waals surface area (Å²) >= 11 is 56.8. The van der Waals surface area contributed by atoms with Crippen molar-refractivity contribution in [1.29, 1.82) is 0 Å². The Kier molecular flexibility index (Phi) is 5.45. The second-order valence-electron chi connectivity index (χ2n) is 4.70. The van der Waals surface area contributed by atoms with E-state index < -0.39 is 28.6 Å². The average Bonchev–Trinajstić information content (AvgIpc) is 2.36. The van der Waals surface area contributed by atoms with Gasteiger partial charge in [-0.2, -0.15) is 0 Å². The fourth-order valence-electron chi connectivity index (χ4n) is 2.24. The van der Waals surface area contributed by atoms with Crippen molar-refractivity contribution < 1.29 is 0 Å². The number of halogens is 9. The number of hydrogen-bond acceptors (Lipinski definition) is 0. The first kappa shape index (κ1) is 19.2. The zero-order valence-electron chi connectivity index (χ0n) is 9.94. The van der Waals surface area contributed by atoms with Crippen LogP contribution in [0.4, 0.5) is 0 Å². The summed E-state index contributed by atoms with van der Waals surface area (Å²) in [6.45, 7) is 0. The minimum Gasteiger partial charge on any atom is -0.116 e. The third kappa shape index (κ3) is 2.75. The number of alkyl halides is 9. The van der Waals surface area contributed by atoms with E-state index in [0.717, 1.165) is 0 Å². The first-order valence-corrected chi connectivity index (χ1v) is 9.04. The standard InChI is InChI=1S/C12H7Cl9/c13-8-11(18,19)9(14,15)7(6-4-2-1-3-5-6)10(16,17)12(8,20)21/h1-5,7-8H. The fraction of sp³-hybridized carbons (Fsp3) is 0.500. The van der Waals surface area contributed by atoms with E-state index in [4.69, 9.17) is 104 Å². The smallest absolute Gasteiger partial charge is 0.116 e. The lowest BCUT2D eigenvalue weighted by molar-refractivity contribution is 0.364. The molecule has 0 heterocycles. The maximum absolute atomic E-state index is 6.40.